The molecular formula is C20H23N3O3. The zero-order chi connectivity index (χ0) is 18.5. The van der Waals surface area contributed by atoms with Crippen molar-refractivity contribution in [1.82, 2.24) is 15.2 Å². The number of carbonyl (C=O) groups is 2. The topological polar surface area (TPSA) is 71.5 Å². The molecule has 1 aromatic carbocycles. The molecule has 1 aliphatic rings. The highest BCUT2D eigenvalue weighted by atomic mass is 16.5. The Bertz CT molecular complexity index is 789. The van der Waals surface area contributed by atoms with E-state index in [0.29, 0.717) is 12.1 Å². The second kappa shape index (κ2) is 8.10. The highest BCUT2D eigenvalue weighted by molar-refractivity contribution is 5.94. The molecule has 0 aliphatic carbocycles. The summed E-state index contributed by atoms with van der Waals surface area (Å²) in [5.74, 6) is -0.714. The van der Waals surface area contributed by atoms with E-state index in [1.807, 2.05) is 0 Å². The van der Waals surface area contributed by atoms with Gasteiger partial charge in [-0.25, -0.2) is 4.79 Å². The van der Waals surface area contributed by atoms with Crippen LogP contribution in [0.3, 0.4) is 0 Å². The van der Waals surface area contributed by atoms with E-state index in [2.05, 4.69) is 51.1 Å². The Labute approximate surface area is 153 Å². The van der Waals surface area contributed by atoms with E-state index in [-0.39, 0.29) is 17.6 Å². The highest BCUT2D eigenvalue weighted by Gasteiger charge is 2.21. The largest absolute Gasteiger partial charge is 0.465 e. The number of hydrogen-bond acceptors (Lipinski definition) is 5. The lowest BCUT2D eigenvalue weighted by molar-refractivity contribution is 0.0599. The quantitative estimate of drug-likeness (QED) is 0.833. The van der Waals surface area contributed by atoms with Gasteiger partial charge in [0.1, 0.15) is 5.69 Å². The number of aromatic nitrogens is 1. The fraction of sp³-hybridized carbons (Fsp3) is 0.350. The van der Waals surface area contributed by atoms with Crippen LogP contribution in [0.5, 0.6) is 0 Å². The van der Waals surface area contributed by atoms with Crippen molar-refractivity contribution in [2.24, 2.45) is 0 Å². The smallest absolute Gasteiger partial charge is 0.339 e. The van der Waals surface area contributed by atoms with Crippen molar-refractivity contribution >= 4 is 11.9 Å². The van der Waals surface area contributed by atoms with E-state index in [4.69, 9.17) is 0 Å². The van der Waals surface area contributed by atoms with E-state index in [9.17, 15) is 9.59 Å². The van der Waals surface area contributed by atoms with Crippen molar-refractivity contribution < 1.29 is 14.3 Å². The Morgan fingerprint density at radius 3 is 2.69 bits per heavy atom. The molecule has 6 heteroatoms. The number of nitrogens with zero attached hydrogens (tertiary/aromatic N) is 2. The molecule has 3 rings (SSSR count). The third-order valence-electron chi connectivity index (χ3n) is 4.76. The minimum atomic E-state index is -0.469. The average Bonchev–Trinajstić information content (AvgIpc) is 2.70. The number of hydrogen-bond donors (Lipinski definition) is 1. The first-order chi connectivity index (χ1) is 12.6. The van der Waals surface area contributed by atoms with Crippen LogP contribution in [-0.2, 0) is 17.7 Å². The zero-order valence-electron chi connectivity index (χ0n) is 15.1. The van der Waals surface area contributed by atoms with Crippen molar-refractivity contribution in [3.05, 3.63) is 65.0 Å². The molecule has 0 fully saturated rings. The number of esters is 1. The molecule has 0 saturated carbocycles. The highest BCUT2D eigenvalue weighted by Crippen LogP contribution is 2.19. The van der Waals surface area contributed by atoms with Crippen molar-refractivity contribution in [3.8, 4) is 0 Å². The number of rotatable bonds is 5. The molecule has 2 heterocycles. The van der Waals surface area contributed by atoms with Gasteiger partial charge < -0.3 is 10.1 Å². The summed E-state index contributed by atoms with van der Waals surface area (Å²) in [4.78, 5) is 30.1. The summed E-state index contributed by atoms with van der Waals surface area (Å²) in [5, 5.41) is 2.92. The third-order valence-corrected chi connectivity index (χ3v) is 4.76. The van der Waals surface area contributed by atoms with Crippen LogP contribution in [0.25, 0.3) is 0 Å². The number of pyridine rings is 1. The molecule has 1 aliphatic heterocycles. The van der Waals surface area contributed by atoms with E-state index in [1.54, 1.807) is 6.07 Å². The van der Waals surface area contributed by atoms with Crippen molar-refractivity contribution in [1.29, 1.82) is 0 Å². The maximum atomic E-state index is 12.3. The van der Waals surface area contributed by atoms with Crippen LogP contribution in [0.15, 0.2) is 42.6 Å². The van der Waals surface area contributed by atoms with Crippen LogP contribution in [0, 0.1) is 0 Å². The van der Waals surface area contributed by atoms with Crippen LogP contribution >= 0.6 is 0 Å². The summed E-state index contributed by atoms with van der Waals surface area (Å²) in [7, 11) is 1.31. The first-order valence-electron chi connectivity index (χ1n) is 8.72. The number of amides is 1. The van der Waals surface area contributed by atoms with E-state index in [1.165, 1.54) is 30.5 Å². The van der Waals surface area contributed by atoms with Gasteiger partial charge in [-0.05, 0) is 36.6 Å². The molecule has 1 N–H and O–H groups in total. The van der Waals surface area contributed by atoms with Gasteiger partial charge in [0.05, 0.1) is 12.7 Å². The van der Waals surface area contributed by atoms with Crippen molar-refractivity contribution in [2.75, 3.05) is 20.2 Å². The lowest BCUT2D eigenvalue weighted by Gasteiger charge is -2.33. The zero-order valence-corrected chi connectivity index (χ0v) is 15.1. The summed E-state index contributed by atoms with van der Waals surface area (Å²) < 4.78 is 4.62. The first-order valence-corrected chi connectivity index (χ1v) is 8.72. The lowest BCUT2D eigenvalue weighted by atomic mass is 9.99. The first kappa shape index (κ1) is 18.1. The molecular weight excluding hydrogens is 330 g/mol. The molecule has 1 atom stereocenters. The van der Waals surface area contributed by atoms with Crippen molar-refractivity contribution in [2.45, 2.75) is 25.9 Å². The number of benzene rings is 1. The van der Waals surface area contributed by atoms with Gasteiger partial charge in [0.25, 0.3) is 5.91 Å². The predicted octanol–water partition coefficient (Wildman–Crippen LogP) is 2.04. The van der Waals surface area contributed by atoms with Gasteiger partial charge in [0.15, 0.2) is 0 Å². The molecule has 0 radical (unpaired) electrons. The number of nitrogens with one attached hydrogen (secondary N) is 1. The molecule has 1 amide bonds. The van der Waals surface area contributed by atoms with E-state index in [0.717, 1.165) is 19.5 Å². The van der Waals surface area contributed by atoms with Gasteiger partial charge in [-0.2, -0.15) is 0 Å². The second-order valence-corrected chi connectivity index (χ2v) is 6.47. The SMILES string of the molecule is COC(=O)c1ccc(C(=O)NCC(C)N2CCc3ccccc3C2)nc1. The average molecular weight is 353 g/mol. The molecule has 0 saturated heterocycles. The number of fused-ring (bicyclic) bond motifs is 1. The van der Waals surface area contributed by atoms with Crippen LogP contribution in [0.1, 0.15) is 38.9 Å². The monoisotopic (exact) mass is 353 g/mol. The Kier molecular flexibility index (Phi) is 5.63. The van der Waals surface area contributed by atoms with Gasteiger partial charge in [0, 0.05) is 31.9 Å². The molecule has 6 nitrogen and oxygen atoms in total. The summed E-state index contributed by atoms with van der Waals surface area (Å²) in [5.41, 5.74) is 3.38. The van der Waals surface area contributed by atoms with Gasteiger partial charge in [0.2, 0.25) is 0 Å². The van der Waals surface area contributed by atoms with Gasteiger partial charge >= 0.3 is 5.97 Å². The summed E-state index contributed by atoms with van der Waals surface area (Å²) in [6, 6.07) is 11.8. The maximum absolute atomic E-state index is 12.3. The standard InChI is InChI=1S/C20H23N3O3/c1-14(23-10-9-15-5-3-4-6-17(15)13-23)11-22-19(24)18-8-7-16(12-21-18)20(25)26-2/h3-8,12,14H,9-11,13H2,1-2H3,(H,22,24). The van der Waals surface area contributed by atoms with Gasteiger partial charge in [-0.15, -0.1) is 0 Å². The van der Waals surface area contributed by atoms with E-state index < -0.39 is 5.97 Å². The predicted molar refractivity (Wildman–Crippen MR) is 97.9 cm³/mol. The Morgan fingerprint density at radius 2 is 2.00 bits per heavy atom. The maximum Gasteiger partial charge on any atom is 0.339 e. The molecule has 26 heavy (non-hydrogen) atoms. The molecule has 1 unspecified atom stereocenters. The normalized spacial score (nSPS) is 15.0. The third kappa shape index (κ3) is 4.08. The minimum Gasteiger partial charge on any atom is -0.465 e. The van der Waals surface area contributed by atoms with Crippen LogP contribution < -0.4 is 5.32 Å². The minimum absolute atomic E-state index is 0.224. The van der Waals surface area contributed by atoms with Crippen molar-refractivity contribution in [3.63, 3.8) is 0 Å². The Balaban J connectivity index is 1.54. The summed E-state index contributed by atoms with van der Waals surface area (Å²) >= 11 is 0. The molecule has 0 spiro atoms. The summed E-state index contributed by atoms with van der Waals surface area (Å²) in [6.07, 6.45) is 2.39. The number of ether oxygens (including phenoxy) is 1. The number of methoxy groups -OCH3 is 1. The number of carbonyl (C=O) groups excluding carboxylic acids is 2. The Hall–Kier alpha value is -2.73. The molecule has 136 valence electrons. The lowest BCUT2D eigenvalue weighted by Crippen LogP contribution is -2.44. The van der Waals surface area contributed by atoms with Gasteiger partial charge in [-0.3, -0.25) is 14.7 Å². The Morgan fingerprint density at radius 1 is 1.23 bits per heavy atom. The van der Waals surface area contributed by atoms with Crippen LogP contribution in [-0.4, -0.2) is 48.0 Å². The van der Waals surface area contributed by atoms with Crippen LogP contribution in [0.2, 0.25) is 0 Å². The summed E-state index contributed by atoms with van der Waals surface area (Å²) in [6.45, 7) is 4.54. The molecule has 1 aromatic heterocycles. The van der Waals surface area contributed by atoms with Crippen LogP contribution in [0.4, 0.5) is 0 Å². The molecule has 0 bridgehead atoms. The fourth-order valence-electron chi connectivity index (χ4n) is 3.12. The van der Waals surface area contributed by atoms with Gasteiger partial charge in [-0.1, -0.05) is 24.3 Å². The fourth-order valence-corrected chi connectivity index (χ4v) is 3.12. The van der Waals surface area contributed by atoms with E-state index >= 15 is 0 Å². The molecule has 2 aromatic rings. The second-order valence-electron chi connectivity index (χ2n) is 6.47.